The van der Waals surface area contributed by atoms with E-state index in [1.54, 1.807) is 0 Å². The van der Waals surface area contributed by atoms with Crippen LogP contribution in [0.25, 0.3) is 11.0 Å². The molecule has 0 saturated carbocycles. The Morgan fingerprint density at radius 2 is 2.24 bits per heavy atom. The second kappa shape index (κ2) is 6.15. The Kier molecular flexibility index (Phi) is 4.43. The topological polar surface area (TPSA) is 21.1 Å². The van der Waals surface area contributed by atoms with Gasteiger partial charge < -0.3 is 9.47 Å². The maximum atomic E-state index is 6.33. The zero-order valence-corrected chi connectivity index (χ0v) is 14.0. The molecule has 2 unspecified atom stereocenters. The second-order valence-electron chi connectivity index (χ2n) is 5.88. The van der Waals surface area contributed by atoms with E-state index in [4.69, 9.17) is 28.2 Å². The highest BCUT2D eigenvalue weighted by Gasteiger charge is 2.24. The van der Waals surface area contributed by atoms with E-state index in [1.807, 2.05) is 25.1 Å². The van der Waals surface area contributed by atoms with Gasteiger partial charge in [0.15, 0.2) is 0 Å². The van der Waals surface area contributed by atoms with Crippen LogP contribution in [0.3, 0.4) is 0 Å². The Morgan fingerprint density at radius 1 is 1.43 bits per heavy atom. The molecule has 3 nitrogen and oxygen atoms in total. The highest BCUT2D eigenvalue weighted by Crippen LogP contribution is 2.29. The zero-order valence-electron chi connectivity index (χ0n) is 12.5. The predicted molar refractivity (Wildman–Crippen MR) is 89.2 cm³/mol. The summed E-state index contributed by atoms with van der Waals surface area (Å²) >= 11 is 12.5. The molecule has 0 spiro atoms. The normalized spacial score (nSPS) is 21.2. The second-order valence-corrected chi connectivity index (χ2v) is 6.97. The van der Waals surface area contributed by atoms with Crippen molar-refractivity contribution in [3.63, 3.8) is 0 Å². The van der Waals surface area contributed by atoms with Crippen molar-refractivity contribution in [1.29, 1.82) is 0 Å². The van der Waals surface area contributed by atoms with E-state index in [1.165, 1.54) is 13.0 Å². The maximum absolute atomic E-state index is 6.33. The summed E-state index contributed by atoms with van der Waals surface area (Å²) in [7, 11) is 0. The van der Waals surface area contributed by atoms with Crippen molar-refractivity contribution in [2.45, 2.75) is 32.2 Å². The summed E-state index contributed by atoms with van der Waals surface area (Å²) in [5.74, 6) is 1.61. The van der Waals surface area contributed by atoms with Crippen LogP contribution in [0.4, 0.5) is 0 Å². The van der Waals surface area contributed by atoms with Crippen molar-refractivity contribution >= 4 is 34.2 Å². The van der Waals surface area contributed by atoms with Crippen molar-refractivity contribution in [3.8, 4) is 0 Å². The van der Waals surface area contributed by atoms with Crippen LogP contribution in [0, 0.1) is 5.92 Å². The number of likely N-dealkylation sites (tertiary alicyclic amines) is 1. The van der Waals surface area contributed by atoms with Gasteiger partial charge in [-0.2, -0.15) is 0 Å². The number of aromatic nitrogens is 2. The number of hydrogen-bond acceptors (Lipinski definition) is 2. The van der Waals surface area contributed by atoms with E-state index >= 15 is 0 Å². The Hall–Kier alpha value is -0.770. The van der Waals surface area contributed by atoms with Crippen molar-refractivity contribution < 1.29 is 0 Å². The molecule has 1 aromatic carbocycles. The van der Waals surface area contributed by atoms with E-state index in [0.29, 0.717) is 5.92 Å². The largest absolute Gasteiger partial charge is 0.326 e. The average molecular weight is 326 g/mol. The Labute approximate surface area is 135 Å². The minimum absolute atomic E-state index is 0.0974. The smallest absolute Gasteiger partial charge is 0.127 e. The molecule has 2 heterocycles. The predicted octanol–water partition coefficient (Wildman–Crippen LogP) is 4.33. The molecule has 1 aliphatic rings. The number of halogens is 2. The van der Waals surface area contributed by atoms with Crippen LogP contribution < -0.4 is 0 Å². The van der Waals surface area contributed by atoms with E-state index in [-0.39, 0.29) is 5.38 Å². The van der Waals surface area contributed by atoms with Gasteiger partial charge in [-0.15, -0.1) is 11.6 Å². The van der Waals surface area contributed by atoms with Crippen LogP contribution in [-0.4, -0.2) is 34.1 Å². The standard InChI is InChI=1S/C16H21Cl2N3/c1-3-20-7-6-12(9-20)10-21-15-8-13(18)4-5-14(15)19-16(21)11(2)17/h4-5,8,11-12H,3,6-7,9-10H2,1-2H3. The first-order valence-electron chi connectivity index (χ1n) is 7.60. The lowest BCUT2D eigenvalue weighted by Gasteiger charge is -2.16. The van der Waals surface area contributed by atoms with Gasteiger partial charge in [-0.3, -0.25) is 0 Å². The van der Waals surface area contributed by atoms with Crippen molar-refractivity contribution in [2.24, 2.45) is 5.92 Å². The van der Waals surface area contributed by atoms with Gasteiger partial charge in [0.05, 0.1) is 16.4 Å². The van der Waals surface area contributed by atoms with Crippen LogP contribution in [0.15, 0.2) is 18.2 Å². The van der Waals surface area contributed by atoms with Crippen LogP contribution in [0.1, 0.15) is 31.5 Å². The molecule has 0 aliphatic carbocycles. The van der Waals surface area contributed by atoms with E-state index < -0.39 is 0 Å². The van der Waals surface area contributed by atoms with Crippen LogP contribution in [0.2, 0.25) is 5.02 Å². The molecule has 0 N–H and O–H groups in total. The first-order valence-corrected chi connectivity index (χ1v) is 8.42. The Balaban J connectivity index is 1.95. The van der Waals surface area contributed by atoms with Gasteiger partial charge in [-0.1, -0.05) is 18.5 Å². The molecular weight excluding hydrogens is 305 g/mol. The van der Waals surface area contributed by atoms with Crippen LogP contribution >= 0.6 is 23.2 Å². The molecule has 2 atom stereocenters. The third-order valence-corrected chi connectivity index (χ3v) is 4.78. The number of alkyl halides is 1. The van der Waals surface area contributed by atoms with Crippen LogP contribution in [-0.2, 0) is 6.54 Å². The van der Waals surface area contributed by atoms with Gasteiger partial charge in [0.25, 0.3) is 0 Å². The summed E-state index contributed by atoms with van der Waals surface area (Å²) in [6, 6.07) is 5.86. The molecule has 0 bridgehead atoms. The number of benzene rings is 1. The third kappa shape index (κ3) is 3.05. The lowest BCUT2D eigenvalue weighted by atomic mass is 10.1. The molecular formula is C16H21Cl2N3. The number of nitrogens with zero attached hydrogens (tertiary/aromatic N) is 3. The summed E-state index contributed by atoms with van der Waals surface area (Å²) in [4.78, 5) is 7.19. The van der Waals surface area contributed by atoms with Gasteiger partial charge >= 0.3 is 0 Å². The highest BCUT2D eigenvalue weighted by molar-refractivity contribution is 6.31. The quantitative estimate of drug-likeness (QED) is 0.780. The average Bonchev–Trinajstić information content (AvgIpc) is 3.04. The van der Waals surface area contributed by atoms with Gasteiger partial charge in [-0.05, 0) is 50.6 Å². The molecule has 2 aromatic rings. The van der Waals surface area contributed by atoms with Gasteiger partial charge in [0.2, 0.25) is 0 Å². The summed E-state index contributed by atoms with van der Waals surface area (Å²) < 4.78 is 2.27. The van der Waals surface area contributed by atoms with Gasteiger partial charge in [-0.25, -0.2) is 4.98 Å². The minimum atomic E-state index is -0.0974. The summed E-state index contributed by atoms with van der Waals surface area (Å²) in [6.45, 7) is 8.66. The monoisotopic (exact) mass is 325 g/mol. The molecule has 1 aromatic heterocycles. The van der Waals surface area contributed by atoms with Crippen molar-refractivity contribution in [1.82, 2.24) is 14.5 Å². The molecule has 21 heavy (non-hydrogen) atoms. The molecule has 1 saturated heterocycles. The first kappa shape index (κ1) is 15.1. The summed E-state index contributed by atoms with van der Waals surface area (Å²) in [5.41, 5.74) is 2.08. The SMILES string of the molecule is CCN1CCC(Cn2c(C(C)Cl)nc3ccc(Cl)cc32)C1. The van der Waals surface area contributed by atoms with Crippen LogP contribution in [0.5, 0.6) is 0 Å². The number of fused-ring (bicyclic) bond motifs is 1. The van der Waals surface area contributed by atoms with E-state index in [9.17, 15) is 0 Å². The molecule has 1 aliphatic heterocycles. The third-order valence-electron chi connectivity index (χ3n) is 4.35. The number of imidazole rings is 1. The highest BCUT2D eigenvalue weighted by atomic mass is 35.5. The van der Waals surface area contributed by atoms with E-state index in [2.05, 4.69) is 16.4 Å². The lowest BCUT2D eigenvalue weighted by Crippen LogP contribution is -2.21. The Morgan fingerprint density at radius 3 is 2.90 bits per heavy atom. The minimum Gasteiger partial charge on any atom is -0.326 e. The fourth-order valence-corrected chi connectivity index (χ4v) is 3.55. The zero-order chi connectivity index (χ0) is 15.0. The molecule has 5 heteroatoms. The Bertz CT molecular complexity index is 636. The fraction of sp³-hybridized carbons (Fsp3) is 0.562. The molecule has 1 fully saturated rings. The van der Waals surface area contributed by atoms with Gasteiger partial charge in [0, 0.05) is 18.1 Å². The number of rotatable bonds is 4. The first-order chi connectivity index (χ1) is 10.1. The maximum Gasteiger partial charge on any atom is 0.127 e. The van der Waals surface area contributed by atoms with E-state index in [0.717, 1.165) is 41.5 Å². The summed E-state index contributed by atoms with van der Waals surface area (Å²) in [5, 5.41) is 0.652. The molecule has 0 radical (unpaired) electrons. The lowest BCUT2D eigenvalue weighted by molar-refractivity contribution is 0.332. The van der Waals surface area contributed by atoms with Crippen molar-refractivity contribution in [3.05, 3.63) is 29.0 Å². The van der Waals surface area contributed by atoms with Gasteiger partial charge in [0.1, 0.15) is 5.82 Å². The van der Waals surface area contributed by atoms with Crippen molar-refractivity contribution in [2.75, 3.05) is 19.6 Å². The molecule has 114 valence electrons. The molecule has 3 rings (SSSR count). The number of hydrogen-bond donors (Lipinski definition) is 0. The fourth-order valence-electron chi connectivity index (χ4n) is 3.22. The molecule has 0 amide bonds. The summed E-state index contributed by atoms with van der Waals surface area (Å²) in [6.07, 6.45) is 1.24.